The van der Waals surface area contributed by atoms with Crippen molar-refractivity contribution in [2.24, 2.45) is 23.7 Å². The summed E-state index contributed by atoms with van der Waals surface area (Å²) in [5.41, 5.74) is 2.62. The molecular weight excluding hydrogens is 749 g/mol. The first-order valence-corrected chi connectivity index (χ1v) is 23.5. The van der Waals surface area contributed by atoms with Crippen LogP contribution in [-0.2, 0) is 27.4 Å². The molecule has 2 saturated carbocycles. The van der Waals surface area contributed by atoms with Crippen molar-refractivity contribution < 1.29 is 28.9 Å². The second kappa shape index (κ2) is 21.6. The lowest BCUT2D eigenvalue weighted by atomic mass is 9.86. The van der Waals surface area contributed by atoms with E-state index in [0.717, 1.165) is 88.3 Å². The van der Waals surface area contributed by atoms with Gasteiger partial charge in [-0.3, -0.25) is 19.4 Å². The molecule has 8 nitrogen and oxygen atoms in total. The highest BCUT2D eigenvalue weighted by atomic mass is 16.5. The summed E-state index contributed by atoms with van der Waals surface area (Å²) in [7, 11) is 0. The van der Waals surface area contributed by atoms with Crippen LogP contribution in [0.25, 0.3) is 21.5 Å². The predicted octanol–water partition coefficient (Wildman–Crippen LogP) is 11.4. The Hall–Kier alpha value is -4.14. The summed E-state index contributed by atoms with van der Waals surface area (Å²) in [4.78, 5) is 27.9. The second-order valence-electron chi connectivity index (χ2n) is 18.2. The number of likely N-dealkylation sites (tertiary alicyclic amines) is 2. The van der Waals surface area contributed by atoms with E-state index in [0.29, 0.717) is 18.8 Å². The number of benzene rings is 4. The molecule has 1 N–H and O–H groups in total. The zero-order valence-corrected chi connectivity index (χ0v) is 36.6. The van der Waals surface area contributed by atoms with Gasteiger partial charge < -0.3 is 19.3 Å². The molecule has 2 aliphatic heterocycles. The van der Waals surface area contributed by atoms with Gasteiger partial charge in [-0.2, -0.15) is 0 Å². The van der Waals surface area contributed by atoms with Gasteiger partial charge in [0.15, 0.2) is 0 Å². The summed E-state index contributed by atoms with van der Waals surface area (Å²) < 4.78 is 17.8. The van der Waals surface area contributed by atoms with Crippen molar-refractivity contribution >= 4 is 33.5 Å². The fraction of sp³-hybridized carbons (Fsp3) is 0.577. The van der Waals surface area contributed by atoms with Crippen LogP contribution in [0.5, 0.6) is 11.5 Å². The van der Waals surface area contributed by atoms with E-state index in [1.165, 1.54) is 96.9 Å². The third-order valence-electron chi connectivity index (χ3n) is 14.1. The molecule has 0 unspecified atom stereocenters. The Morgan fingerprint density at radius 2 is 0.933 bits per heavy atom. The molecule has 0 aromatic heterocycles. The summed E-state index contributed by atoms with van der Waals surface area (Å²) >= 11 is 0. The number of ether oxygens (including phenoxy) is 3. The van der Waals surface area contributed by atoms with Crippen LogP contribution in [0.15, 0.2) is 72.8 Å². The van der Waals surface area contributed by atoms with Crippen LogP contribution in [0.1, 0.15) is 122 Å². The van der Waals surface area contributed by atoms with Gasteiger partial charge in [-0.05, 0) is 191 Å². The number of rotatable bonds is 13. The van der Waals surface area contributed by atoms with E-state index in [1.807, 2.05) is 6.92 Å². The van der Waals surface area contributed by atoms with E-state index in [2.05, 4.69) is 96.4 Å². The van der Waals surface area contributed by atoms with Crippen molar-refractivity contribution in [3.63, 3.8) is 0 Å². The van der Waals surface area contributed by atoms with Gasteiger partial charge >= 0.3 is 11.9 Å². The van der Waals surface area contributed by atoms with Gasteiger partial charge in [0, 0.05) is 13.1 Å². The fourth-order valence-corrected chi connectivity index (χ4v) is 10.0. The summed E-state index contributed by atoms with van der Waals surface area (Å²) in [6.07, 6.45) is 16.5. The van der Waals surface area contributed by atoms with Crippen molar-refractivity contribution in [3.8, 4) is 11.5 Å². The summed E-state index contributed by atoms with van der Waals surface area (Å²) in [5.74, 6) is 3.01. The second-order valence-corrected chi connectivity index (χ2v) is 18.2. The smallest absolute Gasteiger partial charge is 0.309 e. The van der Waals surface area contributed by atoms with Crippen molar-refractivity contribution in [3.05, 3.63) is 83.9 Å². The molecule has 60 heavy (non-hydrogen) atoms. The minimum absolute atomic E-state index is 0.0238. The van der Waals surface area contributed by atoms with Gasteiger partial charge in [0.05, 0.1) is 30.7 Å². The topological polar surface area (TPSA) is 88.5 Å². The molecule has 4 aliphatic rings. The lowest BCUT2D eigenvalue weighted by molar-refractivity contribution is -0.149. The van der Waals surface area contributed by atoms with Crippen molar-refractivity contribution in [2.45, 2.75) is 136 Å². The lowest BCUT2D eigenvalue weighted by Crippen LogP contribution is -2.36. The van der Waals surface area contributed by atoms with Gasteiger partial charge in [-0.1, -0.05) is 63.1 Å². The van der Waals surface area contributed by atoms with Gasteiger partial charge in [0.2, 0.25) is 0 Å². The van der Waals surface area contributed by atoms with E-state index in [9.17, 15) is 9.59 Å². The van der Waals surface area contributed by atoms with Crippen LogP contribution >= 0.6 is 0 Å². The number of esters is 1. The Kier molecular flexibility index (Phi) is 15.8. The van der Waals surface area contributed by atoms with Crippen LogP contribution < -0.4 is 9.47 Å². The molecule has 0 spiro atoms. The molecule has 4 aromatic carbocycles. The van der Waals surface area contributed by atoms with Gasteiger partial charge in [-0.25, -0.2) is 0 Å². The standard InChI is InChI=1S/C27H37NO3.C25H33NO3/c1-3-20-6-10-25(11-7-20)31-26-12-9-23-17-21(5-8-24(23)18-26)19-28-15-13-22(14-16-28)27(29)30-4-2;1-2-18-4-8-23(9-5-18)29-24-10-7-21-15-19(3-6-22(21)16-24)17-26-13-11-20(12-14-26)25(27)28/h5,8-9,12,17-18,20,22,25H,3-4,6-7,10-11,13-16,19H2,1-2H3;3,6-7,10,15-16,18,20,23H,2,4-5,8-9,11-14,17H2,1H3,(H,27,28). The first kappa shape index (κ1) is 43.9. The maximum atomic E-state index is 11.9. The molecule has 4 fully saturated rings. The number of fused-ring (bicyclic) bond motifs is 2. The largest absolute Gasteiger partial charge is 0.490 e. The molecular formula is C52H70N2O6. The Labute approximate surface area is 358 Å². The quantitative estimate of drug-likeness (QED) is 0.133. The zero-order valence-electron chi connectivity index (χ0n) is 36.6. The van der Waals surface area contributed by atoms with Crippen molar-refractivity contribution in [1.29, 1.82) is 0 Å². The molecule has 8 heteroatoms. The van der Waals surface area contributed by atoms with Crippen LogP contribution in [0.2, 0.25) is 0 Å². The summed E-state index contributed by atoms with van der Waals surface area (Å²) in [6, 6.07) is 26.3. The highest BCUT2D eigenvalue weighted by Gasteiger charge is 2.27. The van der Waals surface area contributed by atoms with Crippen molar-refractivity contribution in [1.82, 2.24) is 9.80 Å². The molecule has 4 aromatic rings. The number of carbonyl (C=O) groups is 2. The Morgan fingerprint density at radius 3 is 1.33 bits per heavy atom. The van der Waals surface area contributed by atoms with Crippen LogP contribution in [0.4, 0.5) is 0 Å². The van der Waals surface area contributed by atoms with Gasteiger partial charge in [0.25, 0.3) is 0 Å². The van der Waals surface area contributed by atoms with Crippen LogP contribution in [-0.4, -0.2) is 71.8 Å². The molecule has 324 valence electrons. The molecule has 2 saturated heterocycles. The number of aliphatic carboxylic acids is 1. The number of carbonyl (C=O) groups excluding carboxylic acids is 1. The number of nitrogens with zero attached hydrogens (tertiary/aromatic N) is 2. The van der Waals surface area contributed by atoms with Crippen LogP contribution in [0.3, 0.4) is 0 Å². The Bertz CT molecular complexity index is 1980. The molecule has 0 bridgehead atoms. The number of hydrogen-bond donors (Lipinski definition) is 1. The third kappa shape index (κ3) is 12.2. The van der Waals surface area contributed by atoms with Gasteiger partial charge in [0.1, 0.15) is 11.5 Å². The average molecular weight is 819 g/mol. The zero-order chi connectivity index (χ0) is 41.8. The molecule has 8 rings (SSSR count). The predicted molar refractivity (Wildman–Crippen MR) is 241 cm³/mol. The Balaban J connectivity index is 0.000000182. The van der Waals surface area contributed by atoms with E-state index in [4.69, 9.17) is 19.3 Å². The minimum atomic E-state index is -0.646. The Morgan fingerprint density at radius 1 is 0.533 bits per heavy atom. The number of hydrogen-bond acceptors (Lipinski definition) is 7. The van der Waals surface area contributed by atoms with Crippen molar-refractivity contribution in [2.75, 3.05) is 32.8 Å². The number of piperidine rings is 2. The van der Waals surface area contributed by atoms with E-state index >= 15 is 0 Å². The monoisotopic (exact) mass is 819 g/mol. The minimum Gasteiger partial charge on any atom is -0.490 e. The fourth-order valence-electron chi connectivity index (χ4n) is 10.0. The highest BCUT2D eigenvalue weighted by molar-refractivity contribution is 5.85. The molecule has 0 amide bonds. The summed E-state index contributed by atoms with van der Waals surface area (Å²) in [6.45, 7) is 12.4. The maximum absolute atomic E-state index is 11.9. The first-order chi connectivity index (χ1) is 29.2. The SMILES string of the molecule is CCC1CCC(Oc2ccc3cc(CN4CCC(C(=O)O)CC4)ccc3c2)CC1.CCOC(=O)C1CCN(Cc2ccc3cc(OC4CCC(CC)CC4)ccc3c2)CC1. The third-order valence-corrected chi connectivity index (χ3v) is 14.1. The molecule has 0 radical (unpaired) electrons. The van der Waals surface area contributed by atoms with Gasteiger partial charge in [-0.15, -0.1) is 0 Å². The molecule has 2 heterocycles. The summed E-state index contributed by atoms with van der Waals surface area (Å²) in [5, 5.41) is 14.1. The van der Waals surface area contributed by atoms with E-state index < -0.39 is 5.97 Å². The van der Waals surface area contributed by atoms with E-state index in [-0.39, 0.29) is 17.8 Å². The molecule has 0 atom stereocenters. The number of carboxylic acid groups (broad SMARTS) is 1. The maximum Gasteiger partial charge on any atom is 0.309 e. The normalized spacial score (nSPS) is 23.4. The number of carboxylic acids is 1. The van der Waals surface area contributed by atoms with Crippen LogP contribution in [0, 0.1) is 23.7 Å². The highest BCUT2D eigenvalue weighted by Crippen LogP contribution is 2.33. The first-order valence-electron chi connectivity index (χ1n) is 23.5. The lowest BCUT2D eigenvalue weighted by Gasteiger charge is -2.30. The average Bonchev–Trinajstić information content (AvgIpc) is 3.28. The molecule has 2 aliphatic carbocycles. The van der Waals surface area contributed by atoms with E-state index in [1.54, 1.807) is 0 Å².